The van der Waals surface area contributed by atoms with Gasteiger partial charge in [0, 0.05) is 26.2 Å². The highest BCUT2D eigenvalue weighted by atomic mass is 16.2. The molecule has 5 heteroatoms. The molecule has 1 unspecified atom stereocenters. The van der Waals surface area contributed by atoms with Gasteiger partial charge in [-0.05, 0) is 38.8 Å². The van der Waals surface area contributed by atoms with Gasteiger partial charge in [0.25, 0.3) is 5.91 Å². The number of nitrogens with one attached hydrogen (secondary N) is 1. The van der Waals surface area contributed by atoms with Crippen molar-refractivity contribution < 1.29 is 4.79 Å². The van der Waals surface area contributed by atoms with Gasteiger partial charge < -0.3 is 10.2 Å². The Kier molecular flexibility index (Phi) is 5.17. The van der Waals surface area contributed by atoms with Crippen LogP contribution in [0.15, 0.2) is 6.07 Å². The number of amides is 1. The zero-order valence-corrected chi connectivity index (χ0v) is 12.9. The molecule has 0 saturated carbocycles. The average Bonchev–Trinajstić information content (AvgIpc) is 3.03. The molecule has 1 aromatic heterocycles. The van der Waals surface area contributed by atoms with Gasteiger partial charge in [0.05, 0.1) is 5.69 Å². The van der Waals surface area contributed by atoms with Gasteiger partial charge in [-0.1, -0.05) is 13.3 Å². The third-order valence-corrected chi connectivity index (χ3v) is 3.89. The minimum absolute atomic E-state index is 0.107. The predicted molar refractivity (Wildman–Crippen MR) is 79.8 cm³/mol. The van der Waals surface area contributed by atoms with Crippen LogP contribution in [0.3, 0.4) is 0 Å². The Morgan fingerprint density at radius 2 is 2.40 bits per heavy atom. The minimum atomic E-state index is 0.107. The second kappa shape index (κ2) is 6.88. The lowest BCUT2D eigenvalue weighted by Crippen LogP contribution is -2.42. The Morgan fingerprint density at radius 3 is 2.95 bits per heavy atom. The fourth-order valence-electron chi connectivity index (χ4n) is 2.78. The molecular formula is C15H26N4O. The Balaban J connectivity index is 2.07. The van der Waals surface area contributed by atoms with Crippen LogP contribution in [0, 0.1) is 6.92 Å². The first-order valence-electron chi connectivity index (χ1n) is 7.65. The number of hydrogen-bond donors (Lipinski definition) is 1. The molecule has 2 heterocycles. The van der Waals surface area contributed by atoms with E-state index in [9.17, 15) is 4.79 Å². The van der Waals surface area contributed by atoms with Gasteiger partial charge in [-0.15, -0.1) is 0 Å². The molecule has 0 radical (unpaired) electrons. The molecule has 20 heavy (non-hydrogen) atoms. The lowest BCUT2D eigenvalue weighted by molar-refractivity contribution is 0.0728. The first-order chi connectivity index (χ1) is 9.61. The normalized spacial score (nSPS) is 18.4. The zero-order chi connectivity index (χ0) is 14.5. The van der Waals surface area contributed by atoms with Crippen LogP contribution >= 0.6 is 0 Å². The van der Waals surface area contributed by atoms with Crippen molar-refractivity contribution in [2.75, 3.05) is 19.6 Å². The number of carbonyl (C=O) groups excluding carboxylic acids is 1. The third-order valence-electron chi connectivity index (χ3n) is 3.89. The van der Waals surface area contributed by atoms with Gasteiger partial charge in [-0.3, -0.25) is 9.48 Å². The van der Waals surface area contributed by atoms with E-state index in [1.807, 2.05) is 24.9 Å². The number of hydrogen-bond acceptors (Lipinski definition) is 3. The highest BCUT2D eigenvalue weighted by Crippen LogP contribution is 2.12. The van der Waals surface area contributed by atoms with Crippen LogP contribution < -0.4 is 5.32 Å². The van der Waals surface area contributed by atoms with Crippen LogP contribution in [0.1, 0.15) is 48.8 Å². The largest absolute Gasteiger partial charge is 0.336 e. The molecule has 2 rings (SSSR count). The number of nitrogens with zero attached hydrogens (tertiary/aromatic N) is 3. The first-order valence-corrected chi connectivity index (χ1v) is 7.65. The van der Waals surface area contributed by atoms with Gasteiger partial charge >= 0.3 is 0 Å². The molecule has 1 aliphatic heterocycles. The van der Waals surface area contributed by atoms with E-state index in [1.54, 1.807) is 4.68 Å². The lowest BCUT2D eigenvalue weighted by atomic mass is 10.2. The van der Waals surface area contributed by atoms with E-state index >= 15 is 0 Å². The maximum atomic E-state index is 12.7. The van der Waals surface area contributed by atoms with Gasteiger partial charge in [0.2, 0.25) is 0 Å². The third kappa shape index (κ3) is 3.60. The standard InChI is InChI=1S/C15H26N4O/c1-4-5-9-19(11-13-7-6-8-16-13)15(20)14-10-12(2)17-18(14)3/h10,13,16H,4-9,11H2,1-3H3. The van der Waals surface area contributed by atoms with E-state index in [0.29, 0.717) is 11.7 Å². The SMILES string of the molecule is CCCCN(CC1CCCN1)C(=O)c1cc(C)nn1C. The van der Waals surface area contributed by atoms with E-state index in [1.165, 1.54) is 12.8 Å². The summed E-state index contributed by atoms with van der Waals surface area (Å²) in [6, 6.07) is 2.33. The molecule has 1 amide bonds. The van der Waals surface area contributed by atoms with Crippen molar-refractivity contribution >= 4 is 5.91 Å². The van der Waals surface area contributed by atoms with E-state index in [-0.39, 0.29) is 5.91 Å². The second-order valence-corrected chi connectivity index (χ2v) is 5.69. The molecule has 1 aromatic rings. The fraction of sp³-hybridized carbons (Fsp3) is 0.733. The van der Waals surface area contributed by atoms with Crippen molar-refractivity contribution in [2.24, 2.45) is 7.05 Å². The monoisotopic (exact) mass is 278 g/mol. The van der Waals surface area contributed by atoms with Gasteiger partial charge in [-0.25, -0.2) is 0 Å². The van der Waals surface area contributed by atoms with E-state index in [0.717, 1.165) is 38.2 Å². The molecule has 0 aliphatic carbocycles. The molecule has 112 valence electrons. The molecule has 0 spiro atoms. The molecule has 1 atom stereocenters. The molecule has 0 aromatic carbocycles. The van der Waals surface area contributed by atoms with Crippen LogP contribution in [0.4, 0.5) is 0 Å². The summed E-state index contributed by atoms with van der Waals surface area (Å²) in [5, 5.41) is 7.75. The highest BCUT2D eigenvalue weighted by Gasteiger charge is 2.24. The Morgan fingerprint density at radius 1 is 1.60 bits per heavy atom. The predicted octanol–water partition coefficient (Wildman–Crippen LogP) is 1.72. The van der Waals surface area contributed by atoms with Crippen molar-refractivity contribution in [1.29, 1.82) is 0 Å². The summed E-state index contributed by atoms with van der Waals surface area (Å²) in [7, 11) is 1.84. The highest BCUT2D eigenvalue weighted by molar-refractivity contribution is 5.92. The summed E-state index contributed by atoms with van der Waals surface area (Å²) in [4.78, 5) is 14.7. The average molecular weight is 278 g/mol. The lowest BCUT2D eigenvalue weighted by Gasteiger charge is -2.25. The van der Waals surface area contributed by atoms with Crippen LogP contribution in [0.25, 0.3) is 0 Å². The van der Waals surface area contributed by atoms with Crippen molar-refractivity contribution in [1.82, 2.24) is 20.0 Å². The van der Waals surface area contributed by atoms with E-state index < -0.39 is 0 Å². The number of carbonyl (C=O) groups is 1. The summed E-state index contributed by atoms with van der Waals surface area (Å²) >= 11 is 0. The number of aryl methyl sites for hydroxylation is 2. The Labute approximate surface area is 121 Å². The van der Waals surface area contributed by atoms with Crippen LogP contribution in [0.5, 0.6) is 0 Å². The topological polar surface area (TPSA) is 50.2 Å². The van der Waals surface area contributed by atoms with E-state index in [2.05, 4.69) is 17.3 Å². The van der Waals surface area contributed by atoms with E-state index in [4.69, 9.17) is 0 Å². The van der Waals surface area contributed by atoms with Crippen molar-refractivity contribution in [2.45, 2.75) is 45.6 Å². The summed E-state index contributed by atoms with van der Waals surface area (Å²) < 4.78 is 1.69. The summed E-state index contributed by atoms with van der Waals surface area (Å²) in [6.45, 7) is 6.79. The first kappa shape index (κ1) is 15.0. The van der Waals surface area contributed by atoms with Crippen molar-refractivity contribution in [3.05, 3.63) is 17.5 Å². The van der Waals surface area contributed by atoms with Crippen LogP contribution in [0.2, 0.25) is 0 Å². The molecular weight excluding hydrogens is 252 g/mol. The van der Waals surface area contributed by atoms with Crippen molar-refractivity contribution in [3.8, 4) is 0 Å². The molecule has 1 fully saturated rings. The maximum Gasteiger partial charge on any atom is 0.272 e. The maximum absolute atomic E-state index is 12.7. The van der Waals surface area contributed by atoms with Gasteiger partial charge in [0.15, 0.2) is 0 Å². The minimum Gasteiger partial charge on any atom is -0.336 e. The second-order valence-electron chi connectivity index (χ2n) is 5.69. The van der Waals surface area contributed by atoms with Crippen LogP contribution in [-0.2, 0) is 7.05 Å². The Bertz CT molecular complexity index is 449. The molecule has 1 N–H and O–H groups in total. The molecule has 1 saturated heterocycles. The number of rotatable bonds is 6. The fourth-order valence-corrected chi connectivity index (χ4v) is 2.78. The summed E-state index contributed by atoms with van der Waals surface area (Å²) in [5.41, 5.74) is 1.59. The quantitative estimate of drug-likeness (QED) is 0.862. The summed E-state index contributed by atoms with van der Waals surface area (Å²) in [5.74, 6) is 0.107. The van der Waals surface area contributed by atoms with Crippen molar-refractivity contribution in [3.63, 3.8) is 0 Å². The smallest absolute Gasteiger partial charge is 0.272 e. The zero-order valence-electron chi connectivity index (χ0n) is 12.9. The van der Waals surface area contributed by atoms with Crippen LogP contribution in [-0.4, -0.2) is 46.3 Å². The molecule has 1 aliphatic rings. The van der Waals surface area contributed by atoms with Gasteiger partial charge in [-0.2, -0.15) is 5.10 Å². The number of aromatic nitrogens is 2. The Hall–Kier alpha value is -1.36. The summed E-state index contributed by atoms with van der Waals surface area (Å²) in [6.07, 6.45) is 4.53. The molecule has 5 nitrogen and oxygen atoms in total. The van der Waals surface area contributed by atoms with Gasteiger partial charge in [0.1, 0.15) is 5.69 Å². The number of unbranched alkanes of at least 4 members (excludes halogenated alkanes) is 1. The molecule has 0 bridgehead atoms.